The average molecular weight is 766 g/mol. The molecular formula is C54H47N5. The number of aromatic nitrogens is 1. The third kappa shape index (κ3) is 9.34. The number of fused-ring (bicyclic) bond motifs is 1. The van der Waals surface area contributed by atoms with Crippen LogP contribution in [0, 0.1) is 0 Å². The molecule has 0 spiro atoms. The summed E-state index contributed by atoms with van der Waals surface area (Å²) in [6.45, 7) is 3.31. The van der Waals surface area contributed by atoms with Crippen molar-refractivity contribution in [1.82, 2.24) is 10.4 Å². The highest BCUT2D eigenvalue weighted by atomic mass is 15.6. The Morgan fingerprint density at radius 2 is 0.932 bits per heavy atom. The Morgan fingerprint density at radius 1 is 0.475 bits per heavy atom. The summed E-state index contributed by atoms with van der Waals surface area (Å²) in [7, 11) is 0. The number of nitrogens with zero attached hydrogens (tertiary/aromatic N) is 4. The molecule has 1 aromatic heterocycles. The number of para-hydroxylation sites is 1. The zero-order valence-corrected chi connectivity index (χ0v) is 33.1. The van der Waals surface area contributed by atoms with Gasteiger partial charge in [0.25, 0.3) is 0 Å². The van der Waals surface area contributed by atoms with Crippen LogP contribution in [0.25, 0.3) is 22.7 Å². The van der Waals surface area contributed by atoms with E-state index in [0.717, 1.165) is 59.7 Å². The summed E-state index contributed by atoms with van der Waals surface area (Å²) in [6, 6.07) is 73.1. The van der Waals surface area contributed by atoms with Gasteiger partial charge in [-0.2, -0.15) is 0 Å². The van der Waals surface area contributed by atoms with E-state index in [1.54, 1.807) is 0 Å². The molecule has 2 heterocycles. The van der Waals surface area contributed by atoms with Crippen molar-refractivity contribution < 1.29 is 0 Å². The highest BCUT2D eigenvalue weighted by Gasteiger charge is 2.25. The van der Waals surface area contributed by atoms with Crippen LogP contribution in [-0.4, -0.2) is 11.0 Å². The van der Waals surface area contributed by atoms with E-state index in [1.807, 2.05) is 6.07 Å². The second-order valence-corrected chi connectivity index (χ2v) is 15.1. The summed E-state index contributed by atoms with van der Waals surface area (Å²) in [5.74, 6) is 0.853. The van der Waals surface area contributed by atoms with Gasteiger partial charge in [-0.15, -0.1) is 0 Å². The molecule has 8 aromatic rings. The Kier molecular flexibility index (Phi) is 11.4. The fraction of sp³-hybridized carbons (Fsp3) is 0.0926. The highest BCUT2D eigenvalue weighted by molar-refractivity contribution is 5.85. The minimum absolute atomic E-state index is 0.0436. The second-order valence-electron chi connectivity index (χ2n) is 15.1. The molecule has 9 rings (SSSR count). The van der Waals surface area contributed by atoms with E-state index < -0.39 is 0 Å². The first-order valence-corrected chi connectivity index (χ1v) is 20.4. The van der Waals surface area contributed by atoms with Gasteiger partial charge in [-0.3, -0.25) is 5.01 Å². The van der Waals surface area contributed by atoms with Gasteiger partial charge < -0.3 is 9.80 Å². The van der Waals surface area contributed by atoms with Crippen molar-refractivity contribution >= 4 is 39.9 Å². The Bertz CT molecular complexity index is 2540. The lowest BCUT2D eigenvalue weighted by Gasteiger charge is -2.26. The zero-order chi connectivity index (χ0) is 39.6. The number of rotatable bonds is 14. The molecule has 1 N–H and O–H groups in total. The van der Waals surface area contributed by atoms with Crippen molar-refractivity contribution in [1.29, 1.82) is 0 Å². The molecule has 7 aromatic carbocycles. The highest BCUT2D eigenvalue weighted by Crippen LogP contribution is 2.32. The summed E-state index contributed by atoms with van der Waals surface area (Å²) in [5, 5.41) is 3.25. The summed E-state index contributed by atoms with van der Waals surface area (Å²) < 4.78 is 0. The van der Waals surface area contributed by atoms with E-state index in [2.05, 4.69) is 239 Å². The van der Waals surface area contributed by atoms with Crippen LogP contribution in [0.4, 0.5) is 17.2 Å². The molecule has 0 amide bonds. The van der Waals surface area contributed by atoms with Gasteiger partial charge >= 0.3 is 0 Å². The molecule has 0 saturated carbocycles. The maximum Gasteiger partial charge on any atom is 0.148 e. The van der Waals surface area contributed by atoms with Gasteiger partial charge in [0, 0.05) is 42.9 Å². The minimum Gasteiger partial charge on any atom is -0.363 e. The molecule has 1 atom stereocenters. The third-order valence-electron chi connectivity index (χ3n) is 10.8. The van der Waals surface area contributed by atoms with Crippen LogP contribution in [0.2, 0.25) is 0 Å². The smallest absolute Gasteiger partial charge is 0.148 e. The molecule has 0 aliphatic carbocycles. The molecule has 0 saturated heterocycles. The average Bonchev–Trinajstić information content (AvgIpc) is 3.74. The quantitative estimate of drug-likeness (QED) is 0.119. The molecule has 5 nitrogen and oxygen atoms in total. The van der Waals surface area contributed by atoms with Gasteiger partial charge in [0.15, 0.2) is 0 Å². The first-order chi connectivity index (χ1) is 29.2. The maximum absolute atomic E-state index is 5.10. The summed E-state index contributed by atoms with van der Waals surface area (Å²) in [5.41, 5.74) is 15.6. The number of anilines is 3. The SMILES string of the molecule is C(=CC1C=C(c2ccc(N(Cc3ccccc3)Cc3ccccc3)cc2)N(c2ccc3ccccc3n2)N1)c1ccc(N(Cc2ccccc2)Cc2ccccc2)cc1. The molecule has 0 fully saturated rings. The monoisotopic (exact) mass is 765 g/mol. The summed E-state index contributed by atoms with van der Waals surface area (Å²) >= 11 is 0. The lowest BCUT2D eigenvalue weighted by atomic mass is 10.1. The zero-order valence-electron chi connectivity index (χ0n) is 33.1. The van der Waals surface area contributed by atoms with Crippen molar-refractivity contribution in [2.45, 2.75) is 32.2 Å². The second kappa shape index (κ2) is 17.9. The molecule has 0 bridgehead atoms. The Hall–Kier alpha value is -7.21. The number of benzene rings is 7. The van der Waals surface area contributed by atoms with E-state index in [-0.39, 0.29) is 6.04 Å². The van der Waals surface area contributed by atoms with Crippen molar-refractivity contribution in [2.75, 3.05) is 14.8 Å². The predicted molar refractivity (Wildman–Crippen MR) is 247 cm³/mol. The lowest BCUT2D eigenvalue weighted by molar-refractivity contribution is 0.728. The normalized spacial score (nSPS) is 13.8. The fourth-order valence-corrected chi connectivity index (χ4v) is 7.74. The topological polar surface area (TPSA) is 34.6 Å². The number of hydrogen-bond acceptors (Lipinski definition) is 5. The van der Waals surface area contributed by atoms with Crippen LogP contribution in [0.1, 0.15) is 33.4 Å². The van der Waals surface area contributed by atoms with E-state index >= 15 is 0 Å². The first kappa shape index (κ1) is 37.4. The van der Waals surface area contributed by atoms with Gasteiger partial charge in [0.05, 0.1) is 17.3 Å². The van der Waals surface area contributed by atoms with Crippen LogP contribution in [0.5, 0.6) is 0 Å². The van der Waals surface area contributed by atoms with Gasteiger partial charge in [-0.1, -0.05) is 176 Å². The first-order valence-electron chi connectivity index (χ1n) is 20.4. The number of hydrazine groups is 1. The fourth-order valence-electron chi connectivity index (χ4n) is 7.74. The van der Waals surface area contributed by atoms with Gasteiger partial charge in [0.2, 0.25) is 0 Å². The van der Waals surface area contributed by atoms with Crippen LogP contribution >= 0.6 is 0 Å². The molecule has 288 valence electrons. The Morgan fingerprint density at radius 3 is 1.44 bits per heavy atom. The molecule has 1 unspecified atom stereocenters. The molecule has 5 heteroatoms. The maximum atomic E-state index is 5.10. The lowest BCUT2D eigenvalue weighted by Crippen LogP contribution is -2.36. The minimum atomic E-state index is -0.0436. The van der Waals surface area contributed by atoms with Crippen LogP contribution in [-0.2, 0) is 26.2 Å². The van der Waals surface area contributed by atoms with Crippen molar-refractivity contribution in [3.05, 3.63) is 252 Å². The van der Waals surface area contributed by atoms with Crippen LogP contribution in [0.3, 0.4) is 0 Å². The molecule has 1 aliphatic heterocycles. The third-order valence-corrected chi connectivity index (χ3v) is 10.8. The number of hydrogen-bond donors (Lipinski definition) is 1. The predicted octanol–water partition coefficient (Wildman–Crippen LogP) is 12.1. The molecule has 1 aliphatic rings. The standard InChI is InChI=1S/C54H47N5/c1-5-15-43(16-6-1)38-57(39-44-17-7-2-8-18-44)50-32-26-42(27-33-50)25-31-49-37-53(59(56-49)54-36-30-47-23-13-14-24-52(47)55-54)48-28-34-51(35-29-48)58(40-45-19-9-3-10-20-45)41-46-21-11-4-12-22-46/h1-37,49,56H,38-41H2. The van der Waals surface area contributed by atoms with Crippen molar-refractivity contribution in [2.24, 2.45) is 0 Å². The van der Waals surface area contributed by atoms with Crippen LogP contribution < -0.4 is 20.2 Å². The largest absolute Gasteiger partial charge is 0.363 e. The summed E-state index contributed by atoms with van der Waals surface area (Å²) in [4.78, 5) is 9.98. The van der Waals surface area contributed by atoms with E-state index in [1.165, 1.54) is 33.6 Å². The van der Waals surface area contributed by atoms with Gasteiger partial charge in [-0.05, 0) is 81.9 Å². The molecule has 0 radical (unpaired) electrons. The van der Waals surface area contributed by atoms with Gasteiger partial charge in [0.1, 0.15) is 5.82 Å². The van der Waals surface area contributed by atoms with Crippen LogP contribution in [0.15, 0.2) is 218 Å². The van der Waals surface area contributed by atoms with E-state index in [4.69, 9.17) is 4.98 Å². The van der Waals surface area contributed by atoms with Crippen molar-refractivity contribution in [3.63, 3.8) is 0 Å². The molecular weight excluding hydrogens is 719 g/mol. The molecule has 59 heavy (non-hydrogen) atoms. The van der Waals surface area contributed by atoms with E-state index in [9.17, 15) is 0 Å². The van der Waals surface area contributed by atoms with E-state index in [0.29, 0.717) is 0 Å². The number of pyridine rings is 1. The summed E-state index contributed by atoms with van der Waals surface area (Å²) in [6.07, 6.45) is 6.74. The van der Waals surface area contributed by atoms with Gasteiger partial charge in [-0.25, -0.2) is 10.4 Å². The Balaban J connectivity index is 0.981. The number of nitrogens with one attached hydrogen (secondary N) is 1. The Labute approximate surface area is 347 Å². The van der Waals surface area contributed by atoms with Crippen molar-refractivity contribution in [3.8, 4) is 0 Å².